The fraction of sp³-hybridized carbons (Fsp3) is 0.429. The number of carbonyl (C=O) groups is 2. The van der Waals surface area contributed by atoms with E-state index in [2.05, 4.69) is 5.32 Å². The van der Waals surface area contributed by atoms with Crippen LogP contribution in [0.2, 0.25) is 0 Å². The molecule has 6 heteroatoms. The monoisotopic (exact) mass is 285 g/mol. The van der Waals surface area contributed by atoms with Crippen LogP contribution in [0.25, 0.3) is 0 Å². The Balaban J connectivity index is 2.44. The Morgan fingerprint density at radius 3 is 2.35 bits per heavy atom. The molecule has 0 atom stereocenters. The third-order valence-corrected chi connectivity index (χ3v) is 2.18. The van der Waals surface area contributed by atoms with Crippen LogP contribution >= 0.6 is 0 Å². The van der Waals surface area contributed by atoms with Crippen molar-refractivity contribution in [3.63, 3.8) is 0 Å². The van der Waals surface area contributed by atoms with Gasteiger partial charge in [0.25, 0.3) is 0 Å². The van der Waals surface area contributed by atoms with Crippen molar-refractivity contribution < 1.29 is 23.1 Å². The fourth-order valence-corrected chi connectivity index (χ4v) is 1.41. The highest BCUT2D eigenvalue weighted by Gasteiger charge is 2.17. The van der Waals surface area contributed by atoms with Crippen molar-refractivity contribution in [3.05, 3.63) is 29.8 Å². The Hall–Kier alpha value is -1.98. The molecule has 1 amide bonds. The molecule has 0 radical (unpaired) electrons. The first-order chi connectivity index (χ1) is 9.17. The number of benzene rings is 1. The van der Waals surface area contributed by atoms with Crippen molar-refractivity contribution in [2.24, 2.45) is 0 Å². The van der Waals surface area contributed by atoms with Gasteiger partial charge < -0.3 is 10.1 Å². The summed E-state index contributed by atoms with van der Waals surface area (Å²) in [5.74, 6) is -2.99. The zero-order valence-electron chi connectivity index (χ0n) is 11.6. The predicted octanol–water partition coefficient (Wildman–Crippen LogP) is 3.03. The molecule has 110 valence electrons. The van der Waals surface area contributed by atoms with Gasteiger partial charge in [-0.3, -0.25) is 9.59 Å². The highest BCUT2D eigenvalue weighted by Crippen LogP contribution is 2.14. The number of anilines is 1. The summed E-state index contributed by atoms with van der Waals surface area (Å²) in [6.45, 7) is 5.19. The summed E-state index contributed by atoms with van der Waals surface area (Å²) in [7, 11) is 0. The molecule has 0 unspecified atom stereocenters. The second kappa shape index (κ2) is 6.45. The van der Waals surface area contributed by atoms with Crippen molar-refractivity contribution in [1.29, 1.82) is 0 Å². The van der Waals surface area contributed by atoms with E-state index in [1.807, 2.05) is 0 Å². The molecule has 4 nitrogen and oxygen atoms in total. The number of amides is 1. The molecule has 0 aromatic heterocycles. The lowest BCUT2D eigenvalue weighted by atomic mass is 10.2. The quantitative estimate of drug-likeness (QED) is 0.865. The average molecular weight is 285 g/mol. The van der Waals surface area contributed by atoms with Gasteiger partial charge in [0.2, 0.25) is 5.91 Å². The number of hydrogen-bond donors (Lipinski definition) is 1. The van der Waals surface area contributed by atoms with Crippen LogP contribution in [0.1, 0.15) is 33.6 Å². The molecule has 1 N–H and O–H groups in total. The number of nitrogens with one attached hydrogen (secondary N) is 1. The van der Waals surface area contributed by atoms with E-state index in [-0.39, 0.29) is 18.5 Å². The molecule has 1 aromatic rings. The van der Waals surface area contributed by atoms with E-state index in [9.17, 15) is 18.4 Å². The molecule has 0 saturated carbocycles. The summed E-state index contributed by atoms with van der Waals surface area (Å²) in [6, 6.07) is 3.03. The molecule has 0 heterocycles. The summed E-state index contributed by atoms with van der Waals surface area (Å²) < 4.78 is 30.7. The molecule has 0 aliphatic heterocycles. The van der Waals surface area contributed by atoms with E-state index in [1.54, 1.807) is 20.8 Å². The standard InChI is InChI=1S/C14H17F2NO3/c1-14(2,3)20-13(19)7-6-12(18)17-9-4-5-10(15)11(16)8-9/h4-5,8H,6-7H2,1-3H3,(H,17,18). The second-order valence-electron chi connectivity index (χ2n) is 5.26. The molecule has 0 saturated heterocycles. The summed E-state index contributed by atoms with van der Waals surface area (Å²) >= 11 is 0. The van der Waals surface area contributed by atoms with Gasteiger partial charge in [0.1, 0.15) is 5.60 Å². The maximum absolute atomic E-state index is 12.9. The highest BCUT2D eigenvalue weighted by atomic mass is 19.2. The normalized spacial score (nSPS) is 11.1. The fourth-order valence-electron chi connectivity index (χ4n) is 1.41. The maximum Gasteiger partial charge on any atom is 0.306 e. The van der Waals surface area contributed by atoms with Crippen molar-refractivity contribution in [2.45, 2.75) is 39.2 Å². The van der Waals surface area contributed by atoms with Gasteiger partial charge in [-0.05, 0) is 32.9 Å². The number of esters is 1. The molecule has 1 rings (SSSR count). The lowest BCUT2D eigenvalue weighted by Gasteiger charge is -2.19. The van der Waals surface area contributed by atoms with Gasteiger partial charge in [-0.25, -0.2) is 8.78 Å². The number of ether oxygens (including phenoxy) is 1. The minimum atomic E-state index is -1.05. The second-order valence-corrected chi connectivity index (χ2v) is 5.26. The van der Waals surface area contributed by atoms with Crippen LogP contribution < -0.4 is 5.32 Å². The van der Waals surface area contributed by atoms with E-state index in [0.717, 1.165) is 12.1 Å². The van der Waals surface area contributed by atoms with Crippen LogP contribution in [0.15, 0.2) is 18.2 Å². The average Bonchev–Trinajstić information content (AvgIpc) is 2.29. The van der Waals surface area contributed by atoms with Gasteiger partial charge in [-0.1, -0.05) is 0 Å². The largest absolute Gasteiger partial charge is 0.460 e. The van der Waals surface area contributed by atoms with Crippen molar-refractivity contribution in [2.75, 3.05) is 5.32 Å². The number of halogens is 2. The van der Waals surface area contributed by atoms with Gasteiger partial charge in [-0.15, -0.1) is 0 Å². The predicted molar refractivity (Wildman–Crippen MR) is 70.1 cm³/mol. The van der Waals surface area contributed by atoms with Crippen LogP contribution in [0, 0.1) is 11.6 Å². The van der Waals surface area contributed by atoms with E-state index in [1.165, 1.54) is 6.07 Å². The lowest BCUT2D eigenvalue weighted by Crippen LogP contribution is -2.24. The molecule has 1 aromatic carbocycles. The first-order valence-electron chi connectivity index (χ1n) is 6.14. The van der Waals surface area contributed by atoms with Crippen LogP contribution in [0.4, 0.5) is 14.5 Å². The van der Waals surface area contributed by atoms with Gasteiger partial charge in [0.05, 0.1) is 6.42 Å². The number of carbonyl (C=O) groups excluding carboxylic acids is 2. The first-order valence-corrected chi connectivity index (χ1v) is 6.14. The smallest absolute Gasteiger partial charge is 0.306 e. The highest BCUT2D eigenvalue weighted by molar-refractivity contribution is 5.92. The van der Waals surface area contributed by atoms with E-state index in [4.69, 9.17) is 4.74 Å². The Kier molecular flexibility index (Phi) is 5.19. The summed E-state index contributed by atoms with van der Waals surface area (Å²) in [4.78, 5) is 22.9. The van der Waals surface area contributed by atoms with Crippen molar-refractivity contribution >= 4 is 17.6 Å². The minimum absolute atomic E-state index is 0.0766. The zero-order chi connectivity index (χ0) is 15.3. The van der Waals surface area contributed by atoms with E-state index < -0.39 is 29.1 Å². The molecule has 0 spiro atoms. The van der Waals surface area contributed by atoms with E-state index >= 15 is 0 Å². The Morgan fingerprint density at radius 2 is 1.80 bits per heavy atom. The third-order valence-electron chi connectivity index (χ3n) is 2.18. The number of rotatable bonds is 4. The third kappa shape index (κ3) is 5.77. The van der Waals surface area contributed by atoms with Gasteiger partial charge >= 0.3 is 5.97 Å². The van der Waals surface area contributed by atoms with Crippen LogP contribution in [-0.4, -0.2) is 17.5 Å². The molecule has 0 bridgehead atoms. The zero-order valence-corrected chi connectivity index (χ0v) is 11.6. The van der Waals surface area contributed by atoms with Crippen LogP contribution in [-0.2, 0) is 14.3 Å². The lowest BCUT2D eigenvalue weighted by molar-refractivity contribution is -0.155. The number of hydrogen-bond acceptors (Lipinski definition) is 3. The Bertz CT molecular complexity index is 510. The molecule has 0 fully saturated rings. The van der Waals surface area contributed by atoms with Crippen molar-refractivity contribution in [1.82, 2.24) is 0 Å². The Labute approximate surface area is 116 Å². The van der Waals surface area contributed by atoms with Gasteiger partial charge in [-0.2, -0.15) is 0 Å². The van der Waals surface area contributed by atoms with Crippen LogP contribution in [0.5, 0.6) is 0 Å². The molecular formula is C14H17F2NO3. The van der Waals surface area contributed by atoms with E-state index in [0.29, 0.717) is 0 Å². The van der Waals surface area contributed by atoms with Gasteiger partial charge in [0, 0.05) is 18.2 Å². The van der Waals surface area contributed by atoms with Crippen molar-refractivity contribution in [3.8, 4) is 0 Å². The molecule has 0 aliphatic rings. The topological polar surface area (TPSA) is 55.4 Å². The van der Waals surface area contributed by atoms with Gasteiger partial charge in [0.15, 0.2) is 11.6 Å². The molecule has 0 aliphatic carbocycles. The van der Waals surface area contributed by atoms with Crippen LogP contribution in [0.3, 0.4) is 0 Å². The molecular weight excluding hydrogens is 268 g/mol. The summed E-state index contributed by atoms with van der Waals surface area (Å²) in [5.41, 5.74) is -0.466. The Morgan fingerprint density at radius 1 is 1.15 bits per heavy atom. The first kappa shape index (κ1) is 16.1. The SMILES string of the molecule is CC(C)(C)OC(=O)CCC(=O)Nc1ccc(F)c(F)c1. The molecule has 20 heavy (non-hydrogen) atoms. The minimum Gasteiger partial charge on any atom is -0.460 e. The maximum atomic E-state index is 12.9. The summed E-state index contributed by atoms with van der Waals surface area (Å²) in [6.07, 6.45) is -0.166. The summed E-state index contributed by atoms with van der Waals surface area (Å²) in [5, 5.41) is 2.37.